The maximum Gasteiger partial charge on any atom is 0.150 e. The minimum Gasteiger partial charge on any atom is -0.391 e. The van der Waals surface area contributed by atoms with Gasteiger partial charge in [-0.05, 0) is 72.3 Å². The molecule has 1 aliphatic rings. The van der Waals surface area contributed by atoms with Gasteiger partial charge in [0.05, 0.1) is 5.60 Å². The number of benzene rings is 2. The molecule has 1 fully saturated rings. The Bertz CT molecular complexity index is 958. The molecule has 1 saturated heterocycles. The van der Waals surface area contributed by atoms with Gasteiger partial charge in [-0.15, -0.1) is 0 Å². The van der Waals surface area contributed by atoms with E-state index in [1.165, 1.54) is 24.0 Å². The molecule has 0 aliphatic carbocycles. The lowest BCUT2D eigenvalue weighted by Gasteiger charge is -2.31. The number of rotatable bonds is 10. The van der Waals surface area contributed by atoms with Crippen LogP contribution < -0.4 is 5.32 Å². The minimum absolute atomic E-state index is 0.360. The van der Waals surface area contributed by atoms with Crippen molar-refractivity contribution in [1.82, 2.24) is 15.1 Å². The van der Waals surface area contributed by atoms with Crippen molar-refractivity contribution in [3.05, 3.63) is 82.1 Å². The predicted molar refractivity (Wildman–Crippen MR) is 148 cm³/mol. The van der Waals surface area contributed by atoms with Crippen LogP contribution in [-0.4, -0.2) is 68.6 Å². The molecule has 6 heteroatoms. The largest absolute Gasteiger partial charge is 0.391 e. The molecule has 0 amide bonds. The molecule has 1 aliphatic heterocycles. The van der Waals surface area contributed by atoms with Gasteiger partial charge in [-0.2, -0.15) is 0 Å². The van der Waals surface area contributed by atoms with Crippen LogP contribution in [0.4, 0.5) is 0 Å². The van der Waals surface area contributed by atoms with Crippen LogP contribution in [0.15, 0.2) is 54.2 Å². The Hall–Kier alpha value is -2.51. The van der Waals surface area contributed by atoms with E-state index in [0.717, 1.165) is 36.2 Å². The fourth-order valence-electron chi connectivity index (χ4n) is 4.55. The minimum atomic E-state index is -1.00. The van der Waals surface area contributed by atoms with Crippen LogP contribution in [0.2, 0.25) is 0 Å². The van der Waals surface area contributed by atoms with E-state index in [4.69, 9.17) is 4.74 Å². The smallest absolute Gasteiger partial charge is 0.150 e. The summed E-state index contributed by atoms with van der Waals surface area (Å²) < 4.78 is 5.70. The van der Waals surface area contributed by atoms with Crippen LogP contribution in [0, 0.1) is 13.8 Å². The van der Waals surface area contributed by atoms with Crippen molar-refractivity contribution in [3.8, 4) is 0 Å². The van der Waals surface area contributed by atoms with Crippen molar-refractivity contribution in [2.45, 2.75) is 52.4 Å². The van der Waals surface area contributed by atoms with Crippen molar-refractivity contribution < 1.29 is 14.6 Å². The van der Waals surface area contributed by atoms with Crippen LogP contribution in [0.3, 0.4) is 0 Å². The highest BCUT2D eigenvalue weighted by Gasteiger charge is 2.29. The van der Waals surface area contributed by atoms with Crippen molar-refractivity contribution in [2.75, 3.05) is 47.4 Å². The van der Waals surface area contributed by atoms with E-state index in [-0.39, 0.29) is 6.23 Å². The number of hydrogen-bond donors (Lipinski definition) is 2. The second kappa shape index (κ2) is 14.3. The van der Waals surface area contributed by atoms with Gasteiger partial charge in [-0.25, -0.2) is 0 Å². The molecule has 0 bridgehead atoms. The summed E-state index contributed by atoms with van der Waals surface area (Å²) in [7, 11) is 5.49. The standard InChI is InChI=1S/C22H35N3O3.C8H10/c1-6-19(23-3)14-24(4)21(28-5)20-10-9-18(13-17(20)15-26)22(2,27)16-25-11-7-8-12-25;1-7-3-5-8(2)6-4-7/h6,9-10,13,15,21,23,27H,7-8,11-12,14,16H2,1-5H3;3-6H,1-2H3/b19-6-;/t21-,22?;/m1./s1. The van der Waals surface area contributed by atoms with Gasteiger partial charge in [0.25, 0.3) is 0 Å². The Balaban J connectivity index is 0.000000482. The number of likely N-dealkylation sites (tertiary alicyclic amines) is 1. The third-order valence-electron chi connectivity index (χ3n) is 6.76. The van der Waals surface area contributed by atoms with E-state index in [2.05, 4.69) is 48.3 Å². The van der Waals surface area contributed by atoms with Crippen molar-refractivity contribution >= 4 is 6.29 Å². The molecule has 2 N–H and O–H groups in total. The number of likely N-dealkylation sites (N-methyl/N-ethyl adjacent to an activating group) is 2. The zero-order chi connectivity index (χ0) is 26.7. The molecular formula is C30H45N3O3. The molecule has 0 radical (unpaired) electrons. The number of hydrogen-bond acceptors (Lipinski definition) is 6. The Morgan fingerprint density at radius 1 is 1.17 bits per heavy atom. The van der Waals surface area contributed by atoms with Crippen LogP contribution in [0.1, 0.15) is 65.5 Å². The fourth-order valence-corrected chi connectivity index (χ4v) is 4.55. The quantitative estimate of drug-likeness (QED) is 0.364. The summed E-state index contributed by atoms with van der Waals surface area (Å²) in [5.74, 6) is 0. The van der Waals surface area contributed by atoms with Gasteiger partial charge in [-0.3, -0.25) is 9.69 Å². The molecule has 0 saturated carbocycles. The summed E-state index contributed by atoms with van der Waals surface area (Å²) in [4.78, 5) is 16.2. The fraction of sp³-hybridized carbons (Fsp3) is 0.500. The molecule has 6 nitrogen and oxygen atoms in total. The van der Waals surface area contributed by atoms with E-state index in [1.54, 1.807) is 13.2 Å². The summed E-state index contributed by atoms with van der Waals surface area (Å²) in [5, 5.41) is 14.2. The zero-order valence-corrected chi connectivity index (χ0v) is 23.2. The van der Waals surface area contributed by atoms with Gasteiger partial charge in [0, 0.05) is 44.1 Å². The maximum atomic E-state index is 11.8. The first-order chi connectivity index (χ1) is 17.1. The zero-order valence-electron chi connectivity index (χ0n) is 23.2. The molecule has 0 spiro atoms. The molecule has 0 aromatic heterocycles. The van der Waals surface area contributed by atoms with Gasteiger partial charge >= 0.3 is 0 Å². The van der Waals surface area contributed by atoms with Crippen molar-refractivity contribution in [1.29, 1.82) is 0 Å². The second-order valence-corrected chi connectivity index (χ2v) is 9.94. The molecule has 2 aromatic rings. The van der Waals surface area contributed by atoms with E-state index < -0.39 is 5.60 Å². The number of aryl methyl sites for hydroxylation is 2. The molecule has 36 heavy (non-hydrogen) atoms. The van der Waals surface area contributed by atoms with E-state index in [9.17, 15) is 9.90 Å². The molecule has 1 unspecified atom stereocenters. The number of nitrogens with one attached hydrogen (secondary N) is 1. The highest BCUT2D eigenvalue weighted by molar-refractivity contribution is 5.78. The number of β-amino-alcohol motifs (C(OH)–C–C–N with tert-alkyl or cyclic N) is 1. The Kier molecular flexibility index (Phi) is 11.8. The number of carbonyl (C=O) groups excluding carboxylic acids is 1. The average Bonchev–Trinajstić information content (AvgIpc) is 3.37. The molecule has 1 heterocycles. The Morgan fingerprint density at radius 3 is 2.22 bits per heavy atom. The summed E-state index contributed by atoms with van der Waals surface area (Å²) in [5.41, 5.74) is 4.83. The lowest BCUT2D eigenvalue weighted by Crippen LogP contribution is -2.37. The van der Waals surface area contributed by atoms with Crippen LogP contribution in [0.25, 0.3) is 0 Å². The summed E-state index contributed by atoms with van der Waals surface area (Å²) >= 11 is 0. The first-order valence-corrected chi connectivity index (χ1v) is 12.8. The van der Waals surface area contributed by atoms with E-state index in [1.807, 2.05) is 51.1 Å². The second-order valence-electron chi connectivity index (χ2n) is 9.94. The average molecular weight is 496 g/mol. The lowest BCUT2D eigenvalue weighted by atomic mass is 9.91. The number of aliphatic hydroxyl groups is 1. The molecular weight excluding hydrogens is 450 g/mol. The third-order valence-corrected chi connectivity index (χ3v) is 6.76. The molecule has 3 rings (SSSR count). The number of nitrogens with zero attached hydrogens (tertiary/aromatic N) is 2. The first kappa shape index (κ1) is 29.7. The van der Waals surface area contributed by atoms with E-state index in [0.29, 0.717) is 18.7 Å². The van der Waals surface area contributed by atoms with Gasteiger partial charge in [-0.1, -0.05) is 53.6 Å². The van der Waals surface area contributed by atoms with Gasteiger partial charge in [0.15, 0.2) is 0 Å². The van der Waals surface area contributed by atoms with Gasteiger partial charge in [0.2, 0.25) is 0 Å². The van der Waals surface area contributed by atoms with E-state index >= 15 is 0 Å². The number of aldehydes is 1. The Morgan fingerprint density at radius 2 is 1.75 bits per heavy atom. The lowest BCUT2D eigenvalue weighted by molar-refractivity contribution is -0.0162. The monoisotopic (exact) mass is 495 g/mol. The van der Waals surface area contributed by atoms with Gasteiger partial charge in [0.1, 0.15) is 12.5 Å². The highest BCUT2D eigenvalue weighted by atomic mass is 16.5. The summed E-state index contributed by atoms with van der Waals surface area (Å²) in [6, 6.07) is 14.1. The molecule has 2 aromatic carbocycles. The number of carbonyl (C=O) groups is 1. The van der Waals surface area contributed by atoms with Crippen LogP contribution in [-0.2, 0) is 10.3 Å². The van der Waals surface area contributed by atoms with Crippen molar-refractivity contribution in [2.24, 2.45) is 0 Å². The molecule has 198 valence electrons. The SMILES string of the molecule is C/C=C(/CN(C)[C@H](OC)c1ccc(C(C)(O)CN2CCCC2)cc1C=O)NC.Cc1ccc(C)cc1. The summed E-state index contributed by atoms with van der Waals surface area (Å²) in [6.07, 6.45) is 4.86. The third kappa shape index (κ3) is 8.56. The Labute approximate surface area is 218 Å². The molecule has 2 atom stereocenters. The maximum absolute atomic E-state index is 11.8. The first-order valence-electron chi connectivity index (χ1n) is 12.8. The van der Waals surface area contributed by atoms with Gasteiger partial charge < -0.3 is 20.1 Å². The highest BCUT2D eigenvalue weighted by Crippen LogP contribution is 2.29. The normalized spacial score (nSPS) is 16.8. The predicted octanol–water partition coefficient (Wildman–Crippen LogP) is 4.81. The van der Waals surface area contributed by atoms with Crippen LogP contribution in [0.5, 0.6) is 0 Å². The number of ether oxygens (including phenoxy) is 1. The topological polar surface area (TPSA) is 65.0 Å². The number of methoxy groups -OCH3 is 1. The number of allylic oxidation sites excluding steroid dienone is 1. The van der Waals surface area contributed by atoms with Crippen molar-refractivity contribution in [3.63, 3.8) is 0 Å². The van der Waals surface area contributed by atoms with Crippen LogP contribution >= 0.6 is 0 Å². The summed E-state index contributed by atoms with van der Waals surface area (Å²) in [6.45, 7) is 11.3.